The van der Waals surface area contributed by atoms with E-state index in [0.717, 1.165) is 19.5 Å². The molecule has 3 nitrogen and oxygen atoms in total. The van der Waals surface area contributed by atoms with Crippen LogP contribution in [-0.4, -0.2) is 25.0 Å². The molecule has 1 fully saturated rings. The van der Waals surface area contributed by atoms with Crippen LogP contribution in [0.4, 0.5) is 0 Å². The van der Waals surface area contributed by atoms with Crippen molar-refractivity contribution in [2.45, 2.75) is 45.6 Å². The smallest absolute Gasteiger partial charge is 0.227 e. The van der Waals surface area contributed by atoms with Crippen molar-refractivity contribution >= 4 is 18.3 Å². The van der Waals surface area contributed by atoms with E-state index < -0.39 is 0 Å². The molecule has 0 aliphatic carbocycles. The van der Waals surface area contributed by atoms with E-state index in [9.17, 15) is 4.79 Å². The predicted octanol–water partition coefficient (Wildman–Crippen LogP) is 2.89. The van der Waals surface area contributed by atoms with Gasteiger partial charge in [0, 0.05) is 18.0 Å². The number of carbonyl (C=O) groups is 1. The SMILES string of the molecule is CC(NC(=O)C1(C)CCNC1)C(C)(C)c1ccccc1.Cl. The van der Waals surface area contributed by atoms with Gasteiger partial charge >= 0.3 is 0 Å². The van der Waals surface area contributed by atoms with E-state index in [1.807, 2.05) is 25.1 Å². The summed E-state index contributed by atoms with van der Waals surface area (Å²) in [6.45, 7) is 10.2. The van der Waals surface area contributed by atoms with Crippen molar-refractivity contribution < 1.29 is 4.79 Å². The summed E-state index contributed by atoms with van der Waals surface area (Å²) in [6.07, 6.45) is 0.914. The van der Waals surface area contributed by atoms with Crippen molar-refractivity contribution in [2.75, 3.05) is 13.1 Å². The van der Waals surface area contributed by atoms with Gasteiger partial charge in [0.15, 0.2) is 0 Å². The van der Waals surface area contributed by atoms with Gasteiger partial charge in [0.05, 0.1) is 5.41 Å². The summed E-state index contributed by atoms with van der Waals surface area (Å²) in [5, 5.41) is 6.50. The number of nitrogens with one attached hydrogen (secondary N) is 2. The summed E-state index contributed by atoms with van der Waals surface area (Å²) < 4.78 is 0. The highest BCUT2D eigenvalue weighted by atomic mass is 35.5. The van der Waals surface area contributed by atoms with Crippen LogP contribution in [0.15, 0.2) is 30.3 Å². The molecular formula is C17H27ClN2O. The average Bonchev–Trinajstić information content (AvgIpc) is 2.88. The Kier molecular flexibility index (Phi) is 5.83. The Hall–Kier alpha value is -1.06. The number of hydrogen-bond donors (Lipinski definition) is 2. The second kappa shape index (κ2) is 6.80. The Morgan fingerprint density at radius 2 is 1.95 bits per heavy atom. The van der Waals surface area contributed by atoms with Crippen LogP contribution in [0.5, 0.6) is 0 Å². The topological polar surface area (TPSA) is 41.1 Å². The summed E-state index contributed by atoms with van der Waals surface area (Å²) in [6, 6.07) is 10.5. The van der Waals surface area contributed by atoms with Crippen molar-refractivity contribution in [3.05, 3.63) is 35.9 Å². The van der Waals surface area contributed by atoms with Gasteiger partial charge in [-0.25, -0.2) is 0 Å². The van der Waals surface area contributed by atoms with Crippen LogP contribution >= 0.6 is 12.4 Å². The molecule has 0 spiro atoms. The lowest BCUT2D eigenvalue weighted by Crippen LogP contribution is -2.50. The van der Waals surface area contributed by atoms with E-state index in [4.69, 9.17) is 0 Å². The molecule has 2 atom stereocenters. The van der Waals surface area contributed by atoms with Crippen molar-refractivity contribution in [1.29, 1.82) is 0 Å². The third-order valence-electron chi connectivity index (χ3n) is 4.86. The molecule has 0 radical (unpaired) electrons. The summed E-state index contributed by atoms with van der Waals surface area (Å²) in [5.74, 6) is 0.166. The molecule has 2 rings (SSSR count). The van der Waals surface area contributed by atoms with E-state index in [-0.39, 0.29) is 35.2 Å². The third-order valence-corrected chi connectivity index (χ3v) is 4.86. The van der Waals surface area contributed by atoms with E-state index >= 15 is 0 Å². The largest absolute Gasteiger partial charge is 0.352 e. The molecule has 0 bridgehead atoms. The standard InChI is InChI=1S/C17H26N2O.ClH/c1-13(16(2,3)14-8-6-5-7-9-14)19-15(20)17(4)10-11-18-12-17;/h5-9,13,18H,10-12H2,1-4H3,(H,19,20);1H. The maximum Gasteiger partial charge on any atom is 0.227 e. The maximum absolute atomic E-state index is 12.5. The Morgan fingerprint density at radius 3 is 2.48 bits per heavy atom. The first-order chi connectivity index (χ1) is 9.36. The molecule has 1 heterocycles. The highest BCUT2D eigenvalue weighted by molar-refractivity contribution is 5.85. The summed E-state index contributed by atoms with van der Waals surface area (Å²) in [5.41, 5.74) is 0.905. The van der Waals surface area contributed by atoms with Gasteiger partial charge in [0.2, 0.25) is 5.91 Å². The minimum absolute atomic E-state index is 0. The van der Waals surface area contributed by atoms with Gasteiger partial charge in [-0.15, -0.1) is 12.4 Å². The van der Waals surface area contributed by atoms with Gasteiger partial charge in [-0.05, 0) is 32.4 Å². The summed E-state index contributed by atoms with van der Waals surface area (Å²) in [7, 11) is 0. The molecule has 118 valence electrons. The van der Waals surface area contributed by atoms with Gasteiger partial charge in [-0.3, -0.25) is 4.79 Å². The molecule has 0 aromatic heterocycles. The molecule has 4 heteroatoms. The molecule has 1 saturated heterocycles. The zero-order valence-electron chi connectivity index (χ0n) is 13.4. The van der Waals surface area contributed by atoms with Crippen molar-refractivity contribution in [1.82, 2.24) is 10.6 Å². The van der Waals surface area contributed by atoms with Gasteiger partial charge in [-0.2, -0.15) is 0 Å². The van der Waals surface area contributed by atoms with Crippen LogP contribution in [0.3, 0.4) is 0 Å². The summed E-state index contributed by atoms with van der Waals surface area (Å²) in [4.78, 5) is 12.5. The zero-order valence-corrected chi connectivity index (χ0v) is 14.2. The van der Waals surface area contributed by atoms with Crippen molar-refractivity contribution in [2.24, 2.45) is 5.41 Å². The van der Waals surface area contributed by atoms with E-state index in [0.29, 0.717) is 0 Å². The van der Waals surface area contributed by atoms with Gasteiger partial charge in [-0.1, -0.05) is 44.2 Å². The summed E-state index contributed by atoms with van der Waals surface area (Å²) >= 11 is 0. The highest BCUT2D eigenvalue weighted by Gasteiger charge is 2.39. The fourth-order valence-corrected chi connectivity index (χ4v) is 2.68. The number of amides is 1. The number of carbonyl (C=O) groups excluding carboxylic acids is 1. The first-order valence-corrected chi connectivity index (χ1v) is 7.43. The Balaban J connectivity index is 0.00000220. The molecule has 1 aromatic rings. The molecule has 0 saturated carbocycles. The quantitative estimate of drug-likeness (QED) is 0.898. The van der Waals surface area contributed by atoms with Gasteiger partial charge in [0.25, 0.3) is 0 Å². The third kappa shape index (κ3) is 3.78. The van der Waals surface area contributed by atoms with Crippen LogP contribution in [0.2, 0.25) is 0 Å². The predicted molar refractivity (Wildman–Crippen MR) is 89.9 cm³/mol. The number of rotatable bonds is 4. The van der Waals surface area contributed by atoms with E-state index in [2.05, 4.69) is 43.5 Å². The Bertz CT molecular complexity index is 467. The lowest BCUT2D eigenvalue weighted by Gasteiger charge is -2.35. The fraction of sp³-hybridized carbons (Fsp3) is 0.588. The Morgan fingerprint density at radius 1 is 1.33 bits per heavy atom. The van der Waals surface area contributed by atoms with Gasteiger partial charge < -0.3 is 10.6 Å². The average molecular weight is 311 g/mol. The lowest BCUT2D eigenvalue weighted by atomic mass is 9.77. The first kappa shape index (κ1) is 18.0. The van der Waals surface area contributed by atoms with Crippen molar-refractivity contribution in [3.63, 3.8) is 0 Å². The first-order valence-electron chi connectivity index (χ1n) is 7.43. The monoisotopic (exact) mass is 310 g/mol. The van der Waals surface area contributed by atoms with Crippen molar-refractivity contribution in [3.8, 4) is 0 Å². The minimum atomic E-state index is -0.263. The molecule has 1 aliphatic heterocycles. The van der Waals surface area contributed by atoms with Crippen LogP contribution in [0.25, 0.3) is 0 Å². The molecule has 1 aromatic carbocycles. The van der Waals surface area contributed by atoms with E-state index in [1.54, 1.807) is 0 Å². The molecule has 2 N–H and O–H groups in total. The second-order valence-electron chi connectivity index (χ2n) is 6.77. The van der Waals surface area contributed by atoms with Crippen LogP contribution in [0, 0.1) is 5.41 Å². The molecule has 1 aliphatic rings. The molecule has 2 unspecified atom stereocenters. The number of hydrogen-bond acceptors (Lipinski definition) is 2. The van der Waals surface area contributed by atoms with Crippen LogP contribution < -0.4 is 10.6 Å². The zero-order chi connectivity index (χ0) is 14.8. The second-order valence-corrected chi connectivity index (χ2v) is 6.77. The molecule has 1 amide bonds. The Labute approximate surface area is 134 Å². The fourth-order valence-electron chi connectivity index (χ4n) is 2.68. The maximum atomic E-state index is 12.5. The molecular weight excluding hydrogens is 284 g/mol. The number of benzene rings is 1. The van der Waals surface area contributed by atoms with Crippen LogP contribution in [0.1, 0.15) is 39.7 Å². The van der Waals surface area contributed by atoms with Gasteiger partial charge in [0.1, 0.15) is 0 Å². The normalized spacial score (nSPS) is 23.2. The molecule has 21 heavy (non-hydrogen) atoms. The lowest BCUT2D eigenvalue weighted by molar-refractivity contribution is -0.130. The van der Waals surface area contributed by atoms with Crippen LogP contribution in [-0.2, 0) is 10.2 Å². The van der Waals surface area contributed by atoms with E-state index in [1.165, 1.54) is 5.56 Å². The highest BCUT2D eigenvalue weighted by Crippen LogP contribution is 2.29. The number of halogens is 1. The minimum Gasteiger partial charge on any atom is -0.352 e.